The number of halogens is 1. The lowest BCUT2D eigenvalue weighted by Gasteiger charge is -2.35. The van der Waals surface area contributed by atoms with Gasteiger partial charge < -0.3 is 25.0 Å². The van der Waals surface area contributed by atoms with E-state index in [2.05, 4.69) is 26.9 Å². The van der Waals surface area contributed by atoms with E-state index in [1.807, 2.05) is 0 Å². The molecule has 5 atom stereocenters. The topological polar surface area (TPSA) is 173 Å². The van der Waals surface area contributed by atoms with Crippen LogP contribution < -0.4 is 20.1 Å². The zero-order chi connectivity index (χ0) is 36.0. The number of ether oxygens (including phenoxy) is 2. The molecule has 270 valence electrons. The van der Waals surface area contributed by atoms with Crippen LogP contribution in [0.2, 0.25) is 5.02 Å². The van der Waals surface area contributed by atoms with E-state index in [4.69, 9.17) is 21.1 Å². The first-order valence-corrected chi connectivity index (χ1v) is 19.0. The molecule has 1 aromatic carbocycles. The Hall–Kier alpha value is -3.91. The van der Waals surface area contributed by atoms with Crippen LogP contribution in [-0.4, -0.2) is 83.7 Å². The summed E-state index contributed by atoms with van der Waals surface area (Å²) in [6.07, 6.45) is 6.05. The number of alkyl carbamates (subject to hydrolysis) is 1. The number of hydrogen-bond donors (Lipinski definition) is 3. The number of rotatable bonds is 11. The molecule has 1 aromatic heterocycles. The molecule has 4 aliphatic rings. The van der Waals surface area contributed by atoms with Crippen molar-refractivity contribution in [2.24, 2.45) is 11.3 Å². The minimum Gasteiger partial charge on any atom is -0.488 e. The second kappa shape index (κ2) is 13.7. The zero-order valence-corrected chi connectivity index (χ0v) is 30.0. The van der Waals surface area contributed by atoms with Crippen LogP contribution in [0.3, 0.4) is 0 Å². The third-order valence-corrected chi connectivity index (χ3v) is 12.1. The minimum absolute atomic E-state index is 0.0135. The van der Waals surface area contributed by atoms with Crippen molar-refractivity contribution in [1.82, 2.24) is 25.2 Å². The Morgan fingerprint density at radius 3 is 2.46 bits per heavy atom. The van der Waals surface area contributed by atoms with Gasteiger partial charge in [-0.3, -0.25) is 24.1 Å². The maximum atomic E-state index is 14.5. The lowest BCUT2D eigenvalue weighted by molar-refractivity contribution is -0.143. The van der Waals surface area contributed by atoms with E-state index in [1.54, 1.807) is 51.2 Å². The number of benzene rings is 1. The van der Waals surface area contributed by atoms with E-state index in [9.17, 15) is 27.6 Å². The molecule has 4 fully saturated rings. The number of sulfonamides is 1. The first-order valence-electron chi connectivity index (χ1n) is 17.1. The standard InChI is InChI=1S/C35H44ClN5O8S/c1-5-20-18-35(20,32(44)40-50(46,47)24-11-12-24)39-30(42)27-17-23(48-28-14-15-37-26-16-21(36)10-13-25(26)28)19-41(27)31(43)29(34(2,3)4)38-33(45)49-22-8-6-7-9-22/h5,10,13-16,20,22-24,27,29H,1,6-9,11-12,17-19H2,2-4H3,(H,38,45)(H,39,42)(H,40,44). The molecule has 3 N–H and O–H groups in total. The molecule has 13 nitrogen and oxygen atoms in total. The predicted octanol–water partition coefficient (Wildman–Crippen LogP) is 3.99. The minimum atomic E-state index is -3.89. The Morgan fingerprint density at radius 1 is 1.10 bits per heavy atom. The Kier molecular flexibility index (Phi) is 9.81. The maximum Gasteiger partial charge on any atom is 0.408 e. The summed E-state index contributed by atoms with van der Waals surface area (Å²) in [5.41, 5.74) is -1.72. The van der Waals surface area contributed by atoms with Gasteiger partial charge in [0, 0.05) is 28.9 Å². The second-order valence-electron chi connectivity index (χ2n) is 14.9. The number of aromatic nitrogens is 1. The average molecular weight is 730 g/mol. The number of likely N-dealkylation sites (tertiary alicyclic amines) is 1. The molecule has 3 saturated carbocycles. The molecule has 2 heterocycles. The van der Waals surface area contributed by atoms with Gasteiger partial charge in [-0.05, 0) is 74.6 Å². The van der Waals surface area contributed by atoms with Gasteiger partial charge in [0.1, 0.15) is 35.6 Å². The molecular weight excluding hydrogens is 686 g/mol. The van der Waals surface area contributed by atoms with E-state index in [0.29, 0.717) is 34.5 Å². The molecule has 4 amide bonds. The first-order chi connectivity index (χ1) is 23.6. The van der Waals surface area contributed by atoms with Crippen LogP contribution in [-0.2, 0) is 29.1 Å². The maximum absolute atomic E-state index is 14.5. The van der Waals surface area contributed by atoms with Crippen molar-refractivity contribution >= 4 is 56.3 Å². The Bertz CT molecular complexity index is 1810. The normalized spacial score (nSPS) is 25.8. The summed E-state index contributed by atoms with van der Waals surface area (Å²) in [5, 5.41) is 6.11. The zero-order valence-electron chi connectivity index (χ0n) is 28.4. The van der Waals surface area contributed by atoms with Crippen molar-refractivity contribution in [1.29, 1.82) is 0 Å². The van der Waals surface area contributed by atoms with Crippen molar-refractivity contribution < 1.29 is 37.1 Å². The fraction of sp³-hybridized carbons (Fsp3) is 0.571. The van der Waals surface area contributed by atoms with Gasteiger partial charge in [0.15, 0.2) is 0 Å². The van der Waals surface area contributed by atoms with Crippen LogP contribution in [0, 0.1) is 11.3 Å². The van der Waals surface area contributed by atoms with Crippen LogP contribution in [0.5, 0.6) is 5.75 Å². The monoisotopic (exact) mass is 729 g/mol. The Balaban J connectivity index is 1.27. The number of amides is 4. The van der Waals surface area contributed by atoms with Crippen molar-refractivity contribution in [3.05, 3.63) is 48.1 Å². The van der Waals surface area contributed by atoms with Gasteiger partial charge in [-0.1, -0.05) is 38.4 Å². The van der Waals surface area contributed by atoms with E-state index in [1.165, 1.54) is 11.0 Å². The number of nitrogens with one attached hydrogen (secondary N) is 3. The molecule has 2 aromatic rings. The summed E-state index contributed by atoms with van der Waals surface area (Å²) in [4.78, 5) is 60.8. The number of carbonyl (C=O) groups is 4. The first kappa shape index (κ1) is 35.9. The molecule has 1 saturated heterocycles. The molecular formula is C35H44ClN5O8S. The van der Waals surface area contributed by atoms with Crippen molar-refractivity contribution in [3.8, 4) is 5.75 Å². The third kappa shape index (κ3) is 7.56. The molecule has 50 heavy (non-hydrogen) atoms. The highest BCUT2D eigenvalue weighted by Crippen LogP contribution is 2.45. The van der Waals surface area contributed by atoms with Crippen molar-refractivity contribution in [2.75, 3.05) is 6.54 Å². The summed E-state index contributed by atoms with van der Waals surface area (Å²) in [6, 6.07) is 4.68. The highest BCUT2D eigenvalue weighted by atomic mass is 35.5. The molecule has 0 spiro atoms. The average Bonchev–Trinajstić information content (AvgIpc) is 3.93. The molecule has 3 aliphatic carbocycles. The van der Waals surface area contributed by atoms with E-state index < -0.39 is 74.1 Å². The van der Waals surface area contributed by atoms with Crippen LogP contribution in [0.25, 0.3) is 10.9 Å². The smallest absolute Gasteiger partial charge is 0.408 e. The summed E-state index contributed by atoms with van der Waals surface area (Å²) < 4.78 is 39.5. The molecule has 0 bridgehead atoms. The van der Waals surface area contributed by atoms with Crippen LogP contribution in [0.15, 0.2) is 43.1 Å². The third-order valence-electron chi connectivity index (χ3n) is 10.0. The van der Waals surface area contributed by atoms with E-state index in [0.717, 1.165) is 25.7 Å². The molecule has 1 aliphatic heterocycles. The predicted molar refractivity (Wildman–Crippen MR) is 186 cm³/mol. The van der Waals surface area contributed by atoms with Gasteiger partial charge in [0.05, 0.1) is 17.3 Å². The van der Waals surface area contributed by atoms with E-state index in [-0.39, 0.29) is 25.5 Å². The largest absolute Gasteiger partial charge is 0.488 e. The fourth-order valence-electron chi connectivity index (χ4n) is 6.90. The van der Waals surface area contributed by atoms with Gasteiger partial charge in [0.2, 0.25) is 21.8 Å². The lowest BCUT2D eigenvalue weighted by Crippen LogP contribution is -2.60. The summed E-state index contributed by atoms with van der Waals surface area (Å²) in [6.45, 7) is 9.16. The van der Waals surface area contributed by atoms with Gasteiger partial charge in [-0.15, -0.1) is 6.58 Å². The number of pyridine rings is 1. The molecule has 6 rings (SSSR count). The summed E-state index contributed by atoms with van der Waals surface area (Å²) in [7, 11) is -3.89. The SMILES string of the molecule is C=CC1CC1(NC(=O)C1CC(Oc2ccnc3cc(Cl)ccc23)CN1C(=O)C(NC(=O)OC1CCCC1)C(C)(C)C)C(=O)NS(=O)(=O)C1CC1. The quantitative estimate of drug-likeness (QED) is 0.289. The summed E-state index contributed by atoms with van der Waals surface area (Å²) >= 11 is 6.18. The molecule has 0 radical (unpaired) electrons. The second-order valence-corrected chi connectivity index (χ2v) is 17.3. The van der Waals surface area contributed by atoms with Crippen LogP contribution in [0.4, 0.5) is 4.79 Å². The number of fused-ring (bicyclic) bond motifs is 1. The Labute approximate surface area is 296 Å². The fourth-order valence-corrected chi connectivity index (χ4v) is 8.43. The lowest BCUT2D eigenvalue weighted by atomic mass is 9.85. The molecule has 5 unspecified atom stereocenters. The number of carbonyl (C=O) groups excluding carboxylic acids is 4. The summed E-state index contributed by atoms with van der Waals surface area (Å²) in [5.74, 6) is -2.05. The number of nitrogens with zero attached hydrogens (tertiary/aromatic N) is 2. The highest BCUT2D eigenvalue weighted by Gasteiger charge is 2.62. The van der Waals surface area contributed by atoms with Crippen LogP contribution in [0.1, 0.15) is 72.1 Å². The Morgan fingerprint density at radius 2 is 1.82 bits per heavy atom. The van der Waals surface area contributed by atoms with E-state index >= 15 is 0 Å². The molecule has 15 heteroatoms. The van der Waals surface area contributed by atoms with Gasteiger partial charge in [0.25, 0.3) is 5.91 Å². The van der Waals surface area contributed by atoms with Gasteiger partial charge in [-0.25, -0.2) is 13.2 Å². The van der Waals surface area contributed by atoms with Crippen molar-refractivity contribution in [3.63, 3.8) is 0 Å². The van der Waals surface area contributed by atoms with Gasteiger partial charge in [-0.2, -0.15) is 0 Å². The number of hydrogen-bond acceptors (Lipinski definition) is 9. The van der Waals surface area contributed by atoms with Gasteiger partial charge >= 0.3 is 6.09 Å². The van der Waals surface area contributed by atoms with Crippen molar-refractivity contribution in [2.45, 2.75) is 107 Å². The van der Waals surface area contributed by atoms with Crippen LogP contribution >= 0.6 is 11.6 Å². The highest BCUT2D eigenvalue weighted by molar-refractivity contribution is 7.91.